The standard InChI is InChI=1S/C20H15N3O2/c21-13-15-7-9-16(10-8-15)20(24)23-17-5-3-6-19(12-17)25-14-18-4-1-2-11-22-18/h1-12H,14H2,(H,23,24). The van der Waals surface area contributed by atoms with Crippen LogP contribution in [0.4, 0.5) is 5.69 Å². The van der Waals surface area contributed by atoms with Crippen LogP contribution >= 0.6 is 0 Å². The van der Waals surface area contributed by atoms with E-state index in [1.54, 1.807) is 42.6 Å². The highest BCUT2D eigenvalue weighted by Crippen LogP contribution is 2.19. The first-order chi connectivity index (χ1) is 12.2. The van der Waals surface area contributed by atoms with Crippen molar-refractivity contribution in [2.75, 3.05) is 5.32 Å². The zero-order valence-electron chi connectivity index (χ0n) is 13.3. The fourth-order valence-electron chi connectivity index (χ4n) is 2.20. The number of carbonyl (C=O) groups is 1. The van der Waals surface area contributed by atoms with Crippen molar-refractivity contribution >= 4 is 11.6 Å². The van der Waals surface area contributed by atoms with E-state index in [0.29, 0.717) is 29.2 Å². The number of rotatable bonds is 5. The molecule has 122 valence electrons. The van der Waals surface area contributed by atoms with Crippen LogP contribution < -0.4 is 10.1 Å². The highest BCUT2D eigenvalue weighted by atomic mass is 16.5. The normalized spacial score (nSPS) is 9.88. The van der Waals surface area contributed by atoms with E-state index >= 15 is 0 Å². The summed E-state index contributed by atoms with van der Waals surface area (Å²) in [5, 5.41) is 11.6. The molecule has 5 nitrogen and oxygen atoms in total. The van der Waals surface area contributed by atoms with Gasteiger partial charge < -0.3 is 10.1 Å². The molecule has 0 radical (unpaired) electrons. The molecule has 1 heterocycles. The average Bonchev–Trinajstić information content (AvgIpc) is 2.67. The number of aromatic nitrogens is 1. The fraction of sp³-hybridized carbons (Fsp3) is 0.0500. The molecule has 0 aliphatic heterocycles. The predicted molar refractivity (Wildman–Crippen MR) is 94.1 cm³/mol. The van der Waals surface area contributed by atoms with Crippen LogP contribution in [0.5, 0.6) is 5.75 Å². The van der Waals surface area contributed by atoms with Crippen LogP contribution in [-0.2, 0) is 6.61 Å². The first-order valence-electron chi connectivity index (χ1n) is 7.69. The third-order valence-electron chi connectivity index (χ3n) is 3.48. The summed E-state index contributed by atoms with van der Waals surface area (Å²) in [6.07, 6.45) is 1.72. The number of nitrogens with zero attached hydrogens (tertiary/aromatic N) is 2. The summed E-state index contributed by atoms with van der Waals surface area (Å²) in [6.45, 7) is 0.355. The lowest BCUT2D eigenvalue weighted by molar-refractivity contribution is 0.102. The summed E-state index contributed by atoms with van der Waals surface area (Å²) < 4.78 is 5.70. The first kappa shape index (κ1) is 16.2. The van der Waals surface area contributed by atoms with Crippen molar-refractivity contribution in [3.05, 3.63) is 89.7 Å². The quantitative estimate of drug-likeness (QED) is 0.773. The van der Waals surface area contributed by atoms with Crippen molar-refractivity contribution in [3.63, 3.8) is 0 Å². The molecule has 0 saturated heterocycles. The lowest BCUT2D eigenvalue weighted by Crippen LogP contribution is -2.11. The van der Waals surface area contributed by atoms with E-state index in [0.717, 1.165) is 5.69 Å². The van der Waals surface area contributed by atoms with Crippen LogP contribution in [0.3, 0.4) is 0 Å². The minimum absolute atomic E-state index is 0.244. The van der Waals surface area contributed by atoms with Crippen molar-refractivity contribution in [2.45, 2.75) is 6.61 Å². The summed E-state index contributed by atoms with van der Waals surface area (Å²) in [5.74, 6) is 0.398. The van der Waals surface area contributed by atoms with Crippen LogP contribution in [0.15, 0.2) is 72.9 Å². The monoisotopic (exact) mass is 329 g/mol. The Kier molecular flexibility index (Phi) is 5.03. The molecule has 0 aliphatic rings. The molecule has 0 fully saturated rings. The maximum Gasteiger partial charge on any atom is 0.255 e. The van der Waals surface area contributed by atoms with Crippen molar-refractivity contribution in [1.82, 2.24) is 4.98 Å². The number of hydrogen-bond acceptors (Lipinski definition) is 4. The molecule has 2 aromatic carbocycles. The third-order valence-corrected chi connectivity index (χ3v) is 3.48. The van der Waals surface area contributed by atoms with Gasteiger partial charge in [-0.25, -0.2) is 0 Å². The van der Waals surface area contributed by atoms with Gasteiger partial charge in [0.15, 0.2) is 0 Å². The zero-order valence-corrected chi connectivity index (χ0v) is 13.3. The third kappa shape index (κ3) is 4.43. The van der Waals surface area contributed by atoms with Crippen LogP contribution in [0.25, 0.3) is 0 Å². The molecular weight excluding hydrogens is 314 g/mol. The molecule has 0 atom stereocenters. The molecule has 0 unspecified atom stereocenters. The van der Waals surface area contributed by atoms with Gasteiger partial charge in [-0.1, -0.05) is 12.1 Å². The second kappa shape index (κ2) is 7.75. The van der Waals surface area contributed by atoms with Crippen molar-refractivity contribution < 1.29 is 9.53 Å². The Morgan fingerprint density at radius 2 is 1.92 bits per heavy atom. The van der Waals surface area contributed by atoms with Crippen LogP contribution in [0.1, 0.15) is 21.6 Å². The Morgan fingerprint density at radius 1 is 1.08 bits per heavy atom. The van der Waals surface area contributed by atoms with Gasteiger partial charge in [0.1, 0.15) is 12.4 Å². The van der Waals surface area contributed by atoms with E-state index in [4.69, 9.17) is 10.00 Å². The number of pyridine rings is 1. The molecule has 1 amide bonds. The maximum atomic E-state index is 12.3. The van der Waals surface area contributed by atoms with Crippen molar-refractivity contribution in [1.29, 1.82) is 5.26 Å². The number of nitrogens with one attached hydrogen (secondary N) is 1. The number of carbonyl (C=O) groups excluding carboxylic acids is 1. The van der Waals surface area contributed by atoms with Gasteiger partial charge in [0, 0.05) is 23.5 Å². The van der Waals surface area contributed by atoms with E-state index in [-0.39, 0.29) is 5.91 Å². The number of hydrogen-bond donors (Lipinski definition) is 1. The summed E-state index contributed by atoms with van der Waals surface area (Å²) in [5.41, 5.74) is 2.46. The molecule has 1 N–H and O–H groups in total. The van der Waals surface area contributed by atoms with Gasteiger partial charge in [0.25, 0.3) is 5.91 Å². The molecule has 0 saturated carbocycles. The van der Waals surface area contributed by atoms with Crippen LogP contribution in [-0.4, -0.2) is 10.9 Å². The molecular formula is C20H15N3O2. The number of ether oxygens (including phenoxy) is 1. The molecule has 3 aromatic rings. The predicted octanol–water partition coefficient (Wildman–Crippen LogP) is 3.78. The first-order valence-corrected chi connectivity index (χ1v) is 7.69. The SMILES string of the molecule is N#Cc1ccc(C(=O)Nc2cccc(OCc3ccccn3)c2)cc1. The Morgan fingerprint density at radius 3 is 2.64 bits per heavy atom. The number of benzene rings is 2. The van der Waals surface area contributed by atoms with Gasteiger partial charge in [0.2, 0.25) is 0 Å². The number of amides is 1. The maximum absolute atomic E-state index is 12.3. The molecule has 1 aromatic heterocycles. The average molecular weight is 329 g/mol. The highest BCUT2D eigenvalue weighted by molar-refractivity contribution is 6.04. The Balaban J connectivity index is 1.64. The van der Waals surface area contributed by atoms with Crippen molar-refractivity contribution in [2.24, 2.45) is 0 Å². The van der Waals surface area contributed by atoms with E-state index < -0.39 is 0 Å². The number of nitriles is 1. The zero-order chi connectivity index (χ0) is 17.5. The van der Waals surface area contributed by atoms with Gasteiger partial charge in [-0.3, -0.25) is 9.78 Å². The minimum Gasteiger partial charge on any atom is -0.487 e. The molecule has 5 heteroatoms. The highest BCUT2D eigenvalue weighted by Gasteiger charge is 2.07. The van der Waals surface area contributed by atoms with Gasteiger partial charge in [-0.15, -0.1) is 0 Å². The van der Waals surface area contributed by atoms with E-state index in [2.05, 4.69) is 10.3 Å². The van der Waals surface area contributed by atoms with Crippen LogP contribution in [0.2, 0.25) is 0 Å². The summed E-state index contributed by atoms with van der Waals surface area (Å²) >= 11 is 0. The van der Waals surface area contributed by atoms with E-state index in [1.165, 1.54) is 0 Å². The van der Waals surface area contributed by atoms with Crippen molar-refractivity contribution in [3.8, 4) is 11.8 Å². The smallest absolute Gasteiger partial charge is 0.255 e. The molecule has 0 aliphatic carbocycles. The molecule has 25 heavy (non-hydrogen) atoms. The Bertz CT molecular complexity index is 900. The summed E-state index contributed by atoms with van der Waals surface area (Å²) in [7, 11) is 0. The topological polar surface area (TPSA) is 75.0 Å². The van der Waals surface area contributed by atoms with E-state index in [1.807, 2.05) is 36.4 Å². The van der Waals surface area contributed by atoms with Crippen LogP contribution in [0, 0.1) is 11.3 Å². The van der Waals surface area contributed by atoms with Gasteiger partial charge >= 0.3 is 0 Å². The molecule has 0 spiro atoms. The lowest BCUT2D eigenvalue weighted by Gasteiger charge is -2.09. The number of anilines is 1. The second-order valence-corrected chi connectivity index (χ2v) is 5.28. The molecule has 0 bridgehead atoms. The lowest BCUT2D eigenvalue weighted by atomic mass is 10.1. The molecule has 3 rings (SSSR count). The van der Waals surface area contributed by atoms with Gasteiger partial charge in [-0.2, -0.15) is 5.26 Å². The van der Waals surface area contributed by atoms with Gasteiger partial charge in [0.05, 0.1) is 17.3 Å². The van der Waals surface area contributed by atoms with Gasteiger partial charge in [-0.05, 0) is 48.5 Å². The Labute approximate surface area is 145 Å². The summed E-state index contributed by atoms with van der Waals surface area (Å²) in [6, 6.07) is 21.3. The largest absolute Gasteiger partial charge is 0.487 e. The fourth-order valence-corrected chi connectivity index (χ4v) is 2.20. The summed E-state index contributed by atoms with van der Waals surface area (Å²) in [4.78, 5) is 16.5. The van der Waals surface area contributed by atoms with E-state index in [9.17, 15) is 4.79 Å². The Hall–Kier alpha value is -3.65. The minimum atomic E-state index is -0.244. The second-order valence-electron chi connectivity index (χ2n) is 5.28.